The average Bonchev–Trinajstić information content (AvgIpc) is 2.50. The molecule has 0 radical (unpaired) electrons. The van der Waals surface area contributed by atoms with Gasteiger partial charge in [-0.15, -0.1) is 13.2 Å². The molecule has 130 valence electrons. The second kappa shape index (κ2) is 7.37. The van der Waals surface area contributed by atoms with Gasteiger partial charge in [0.2, 0.25) is 11.6 Å². The van der Waals surface area contributed by atoms with Gasteiger partial charge in [-0.2, -0.15) is 8.78 Å². The third-order valence-electron chi connectivity index (χ3n) is 5.17. The summed E-state index contributed by atoms with van der Waals surface area (Å²) in [7, 11) is 0. The number of rotatable bonds is 8. The van der Waals surface area contributed by atoms with E-state index in [0.29, 0.717) is 36.9 Å². The minimum Gasteiger partial charge on any atom is -0.490 e. The zero-order valence-corrected chi connectivity index (χ0v) is 13.8. The fraction of sp³-hybridized carbons (Fsp3) is 0.500. The van der Waals surface area contributed by atoms with Crippen LogP contribution in [0.1, 0.15) is 25.7 Å². The van der Waals surface area contributed by atoms with Gasteiger partial charge in [-0.05, 0) is 61.5 Å². The highest BCUT2D eigenvalue weighted by atomic mass is 19.2. The van der Waals surface area contributed by atoms with E-state index >= 15 is 0 Å². The Morgan fingerprint density at radius 1 is 0.833 bits per heavy atom. The Balaban J connectivity index is 1.50. The zero-order valence-electron chi connectivity index (χ0n) is 13.8. The maximum Gasteiger partial charge on any atom is 0.204 e. The van der Waals surface area contributed by atoms with Crippen LogP contribution in [-0.2, 0) is 0 Å². The van der Waals surface area contributed by atoms with Crippen LogP contribution in [0, 0.1) is 35.3 Å². The Morgan fingerprint density at radius 3 is 1.54 bits per heavy atom. The number of halogens is 2. The molecule has 0 saturated heterocycles. The summed E-state index contributed by atoms with van der Waals surface area (Å²) in [6.45, 7) is 8.32. The first-order valence-corrected chi connectivity index (χ1v) is 8.59. The molecule has 1 aromatic rings. The summed E-state index contributed by atoms with van der Waals surface area (Å²) in [5.74, 6) is -0.180. The number of ether oxygens (including phenoxy) is 2. The van der Waals surface area contributed by atoms with E-state index in [9.17, 15) is 8.78 Å². The first-order valence-electron chi connectivity index (χ1n) is 8.59. The molecule has 0 N–H and O–H groups in total. The van der Waals surface area contributed by atoms with Crippen LogP contribution in [0.15, 0.2) is 37.4 Å². The maximum atomic E-state index is 14.1. The van der Waals surface area contributed by atoms with E-state index < -0.39 is 11.6 Å². The molecule has 0 bridgehead atoms. The fourth-order valence-electron chi connectivity index (χ4n) is 3.38. The van der Waals surface area contributed by atoms with Crippen LogP contribution in [0.25, 0.3) is 0 Å². The molecule has 3 rings (SSSR count). The standard InChI is InChI=1S/C20H24F2O2/c1-3-13-7-15(8-13)11-23-17-5-6-18(20(22)19(17)21)24-12-16-9-14(4-2)10-16/h3-6,13-16H,1-2,7-12H2. The molecule has 0 atom stereocenters. The Hall–Kier alpha value is -1.84. The minimum atomic E-state index is -0.968. The summed E-state index contributed by atoms with van der Waals surface area (Å²) in [5.41, 5.74) is 0. The largest absolute Gasteiger partial charge is 0.490 e. The van der Waals surface area contributed by atoms with Crippen molar-refractivity contribution in [3.63, 3.8) is 0 Å². The van der Waals surface area contributed by atoms with Gasteiger partial charge in [0.1, 0.15) is 0 Å². The van der Waals surface area contributed by atoms with Crippen LogP contribution in [0.3, 0.4) is 0 Å². The lowest BCUT2D eigenvalue weighted by atomic mass is 9.75. The quantitative estimate of drug-likeness (QED) is 0.612. The normalized spacial score (nSPS) is 28.4. The van der Waals surface area contributed by atoms with Crippen molar-refractivity contribution in [3.8, 4) is 11.5 Å². The highest BCUT2D eigenvalue weighted by Crippen LogP contribution is 2.37. The molecule has 2 aliphatic carbocycles. The summed E-state index contributed by atoms with van der Waals surface area (Å²) >= 11 is 0. The number of hydrogen-bond acceptors (Lipinski definition) is 2. The topological polar surface area (TPSA) is 18.5 Å². The summed E-state index contributed by atoms with van der Waals surface area (Å²) in [4.78, 5) is 0. The van der Waals surface area contributed by atoms with Gasteiger partial charge in [0.25, 0.3) is 0 Å². The summed E-state index contributed by atoms with van der Waals surface area (Å²) in [6.07, 6.45) is 7.87. The lowest BCUT2D eigenvalue weighted by Crippen LogP contribution is -2.27. The van der Waals surface area contributed by atoms with Crippen LogP contribution in [-0.4, -0.2) is 13.2 Å². The summed E-state index contributed by atoms with van der Waals surface area (Å²) in [6, 6.07) is 2.90. The van der Waals surface area contributed by atoms with Crippen molar-refractivity contribution < 1.29 is 18.3 Å². The van der Waals surface area contributed by atoms with Gasteiger partial charge in [0, 0.05) is 0 Å². The molecule has 0 amide bonds. The van der Waals surface area contributed by atoms with Crippen molar-refractivity contribution in [3.05, 3.63) is 49.1 Å². The molecule has 0 heterocycles. The van der Waals surface area contributed by atoms with E-state index in [2.05, 4.69) is 13.2 Å². The van der Waals surface area contributed by atoms with E-state index in [1.807, 2.05) is 12.2 Å². The van der Waals surface area contributed by atoms with Crippen LogP contribution in [0.4, 0.5) is 8.78 Å². The van der Waals surface area contributed by atoms with Crippen molar-refractivity contribution in [2.24, 2.45) is 23.7 Å². The monoisotopic (exact) mass is 334 g/mol. The predicted molar refractivity (Wildman–Crippen MR) is 90.2 cm³/mol. The molecule has 0 spiro atoms. The summed E-state index contributed by atoms with van der Waals surface area (Å²) in [5, 5.41) is 0. The van der Waals surface area contributed by atoms with E-state index in [1.165, 1.54) is 12.1 Å². The molecule has 0 aromatic heterocycles. The molecular formula is C20H24F2O2. The van der Waals surface area contributed by atoms with E-state index in [4.69, 9.17) is 9.47 Å². The molecule has 2 aliphatic rings. The smallest absolute Gasteiger partial charge is 0.204 e. The second-order valence-electron chi connectivity index (χ2n) is 6.98. The van der Waals surface area contributed by atoms with Gasteiger partial charge in [0.15, 0.2) is 11.5 Å². The zero-order chi connectivity index (χ0) is 17.1. The molecule has 24 heavy (non-hydrogen) atoms. The van der Waals surface area contributed by atoms with Gasteiger partial charge in [0.05, 0.1) is 13.2 Å². The number of allylic oxidation sites excluding steroid dienone is 2. The minimum absolute atomic E-state index is 0.0442. The Morgan fingerprint density at radius 2 is 1.21 bits per heavy atom. The maximum absolute atomic E-state index is 14.1. The van der Waals surface area contributed by atoms with Crippen molar-refractivity contribution in [2.75, 3.05) is 13.2 Å². The predicted octanol–water partition coefficient (Wildman–Crippen LogP) is 5.15. The van der Waals surface area contributed by atoms with Gasteiger partial charge < -0.3 is 9.47 Å². The van der Waals surface area contributed by atoms with Crippen LogP contribution in [0.5, 0.6) is 11.5 Å². The number of benzene rings is 1. The van der Waals surface area contributed by atoms with E-state index in [-0.39, 0.29) is 11.5 Å². The SMILES string of the molecule is C=CC1CC(COc2ccc(OCC3CC(C=C)C3)c(F)c2F)C1. The van der Waals surface area contributed by atoms with E-state index in [1.54, 1.807) is 0 Å². The fourth-order valence-corrected chi connectivity index (χ4v) is 3.38. The van der Waals surface area contributed by atoms with Crippen molar-refractivity contribution in [1.82, 2.24) is 0 Å². The molecule has 2 fully saturated rings. The van der Waals surface area contributed by atoms with Crippen LogP contribution < -0.4 is 9.47 Å². The Bertz CT molecular complexity index is 549. The van der Waals surface area contributed by atoms with Crippen molar-refractivity contribution in [1.29, 1.82) is 0 Å². The molecular weight excluding hydrogens is 310 g/mol. The third kappa shape index (κ3) is 3.63. The van der Waals surface area contributed by atoms with Crippen molar-refractivity contribution >= 4 is 0 Å². The highest BCUT2D eigenvalue weighted by Gasteiger charge is 2.29. The second-order valence-corrected chi connectivity index (χ2v) is 6.98. The molecule has 0 aliphatic heterocycles. The molecule has 0 unspecified atom stereocenters. The van der Waals surface area contributed by atoms with Gasteiger partial charge in [-0.25, -0.2) is 0 Å². The third-order valence-corrected chi connectivity index (χ3v) is 5.17. The Labute approximate surface area is 142 Å². The lowest BCUT2D eigenvalue weighted by molar-refractivity contribution is 0.135. The van der Waals surface area contributed by atoms with Gasteiger partial charge in [-0.3, -0.25) is 0 Å². The van der Waals surface area contributed by atoms with Gasteiger partial charge in [-0.1, -0.05) is 12.2 Å². The van der Waals surface area contributed by atoms with Gasteiger partial charge >= 0.3 is 0 Å². The first kappa shape index (κ1) is 17.0. The Kier molecular flexibility index (Phi) is 5.22. The molecule has 2 nitrogen and oxygen atoms in total. The first-order chi connectivity index (χ1) is 11.6. The highest BCUT2D eigenvalue weighted by molar-refractivity contribution is 5.35. The average molecular weight is 334 g/mol. The summed E-state index contributed by atoms with van der Waals surface area (Å²) < 4.78 is 39.1. The molecule has 4 heteroatoms. The molecule has 1 aromatic carbocycles. The van der Waals surface area contributed by atoms with E-state index in [0.717, 1.165) is 25.7 Å². The van der Waals surface area contributed by atoms with Crippen LogP contribution in [0.2, 0.25) is 0 Å². The lowest BCUT2D eigenvalue weighted by Gasteiger charge is -2.33. The van der Waals surface area contributed by atoms with Crippen LogP contribution >= 0.6 is 0 Å². The molecule has 2 saturated carbocycles. The number of hydrogen-bond donors (Lipinski definition) is 0. The van der Waals surface area contributed by atoms with Crippen molar-refractivity contribution in [2.45, 2.75) is 25.7 Å².